The van der Waals surface area contributed by atoms with Crippen LogP contribution in [0.5, 0.6) is 0 Å². The summed E-state index contributed by atoms with van der Waals surface area (Å²) in [7, 11) is 0. The van der Waals surface area contributed by atoms with Crippen LogP contribution in [0, 0.1) is 0 Å². The summed E-state index contributed by atoms with van der Waals surface area (Å²) >= 11 is 0. The molecule has 0 fully saturated rings. The monoisotopic (exact) mass is 251 g/mol. The highest BCUT2D eigenvalue weighted by molar-refractivity contribution is 5.77. The maximum atomic E-state index is 11.3. The molecule has 0 saturated carbocycles. The van der Waals surface area contributed by atoms with Crippen LogP contribution in [-0.4, -0.2) is 24.7 Å². The van der Waals surface area contributed by atoms with Gasteiger partial charge in [-0.25, -0.2) is 4.79 Å². The summed E-state index contributed by atoms with van der Waals surface area (Å²) in [6.07, 6.45) is -0.841. The molecule has 98 valence electrons. The average Bonchev–Trinajstić information content (AvgIpc) is 2.34. The maximum absolute atomic E-state index is 11.3. The first kappa shape index (κ1) is 14.0. The molecule has 18 heavy (non-hydrogen) atoms. The van der Waals surface area contributed by atoms with E-state index < -0.39 is 12.1 Å². The number of alkyl carbamates (subject to hydrolysis) is 1. The molecule has 1 rings (SSSR count). The van der Waals surface area contributed by atoms with Gasteiger partial charge in [0.05, 0.1) is 6.10 Å². The van der Waals surface area contributed by atoms with Gasteiger partial charge in [0.15, 0.2) is 0 Å². The first-order valence-electron chi connectivity index (χ1n) is 5.72. The minimum atomic E-state index is -0.623. The minimum absolute atomic E-state index is 0.195. The molecule has 0 aliphatic carbocycles. The second-order valence-electron chi connectivity index (χ2n) is 3.95. The highest BCUT2D eigenvalue weighted by atomic mass is 16.6. The topological polar surface area (TPSA) is 64.6 Å². The van der Waals surface area contributed by atoms with Crippen molar-refractivity contribution in [2.24, 2.45) is 0 Å². The number of nitrogens with one attached hydrogen (secondary N) is 1. The quantitative estimate of drug-likeness (QED) is 0.811. The van der Waals surface area contributed by atoms with E-state index in [1.807, 2.05) is 30.3 Å². The van der Waals surface area contributed by atoms with Gasteiger partial charge in [-0.2, -0.15) is 0 Å². The standard InChI is InChI=1S/C13H17NO4/c1-10(2)18-13(16)14-8-12(15)17-9-11-6-4-3-5-7-11/h3-7,10H,8-9H2,1-2H3,(H,14,16). The van der Waals surface area contributed by atoms with Crippen LogP contribution in [0.15, 0.2) is 30.3 Å². The normalized spacial score (nSPS) is 9.94. The van der Waals surface area contributed by atoms with Gasteiger partial charge in [-0.15, -0.1) is 0 Å². The summed E-state index contributed by atoms with van der Waals surface area (Å²) < 4.78 is 9.78. The zero-order valence-electron chi connectivity index (χ0n) is 10.5. The number of amides is 1. The Morgan fingerprint density at radius 2 is 1.89 bits per heavy atom. The van der Waals surface area contributed by atoms with Crippen LogP contribution in [0.1, 0.15) is 19.4 Å². The lowest BCUT2D eigenvalue weighted by Crippen LogP contribution is -2.32. The predicted octanol–water partition coefficient (Wildman–Crippen LogP) is 1.86. The summed E-state index contributed by atoms with van der Waals surface area (Å²) in [5.41, 5.74) is 0.899. The number of ether oxygens (including phenoxy) is 2. The Morgan fingerprint density at radius 1 is 1.22 bits per heavy atom. The van der Waals surface area contributed by atoms with Crippen molar-refractivity contribution in [2.45, 2.75) is 26.6 Å². The molecule has 0 atom stereocenters. The lowest BCUT2D eigenvalue weighted by atomic mass is 10.2. The Labute approximate surface area is 106 Å². The van der Waals surface area contributed by atoms with Gasteiger partial charge in [0.25, 0.3) is 0 Å². The Kier molecular flexibility index (Phi) is 5.70. The fourth-order valence-corrected chi connectivity index (χ4v) is 1.19. The second kappa shape index (κ2) is 7.32. The molecule has 0 bridgehead atoms. The summed E-state index contributed by atoms with van der Waals surface area (Å²) in [4.78, 5) is 22.4. The Morgan fingerprint density at radius 3 is 2.50 bits per heavy atom. The second-order valence-corrected chi connectivity index (χ2v) is 3.95. The van der Waals surface area contributed by atoms with Gasteiger partial charge in [0.2, 0.25) is 0 Å². The van der Waals surface area contributed by atoms with Crippen molar-refractivity contribution in [1.82, 2.24) is 5.32 Å². The number of carbonyl (C=O) groups is 2. The largest absolute Gasteiger partial charge is 0.460 e. The van der Waals surface area contributed by atoms with Crippen LogP contribution in [-0.2, 0) is 20.9 Å². The molecule has 0 saturated heterocycles. The van der Waals surface area contributed by atoms with Crippen molar-refractivity contribution in [1.29, 1.82) is 0 Å². The van der Waals surface area contributed by atoms with Gasteiger partial charge in [-0.1, -0.05) is 30.3 Å². The smallest absolute Gasteiger partial charge is 0.407 e. The molecule has 5 heteroatoms. The van der Waals surface area contributed by atoms with E-state index >= 15 is 0 Å². The van der Waals surface area contributed by atoms with Gasteiger partial charge in [-0.05, 0) is 19.4 Å². The van der Waals surface area contributed by atoms with Crippen molar-refractivity contribution in [3.63, 3.8) is 0 Å². The lowest BCUT2D eigenvalue weighted by molar-refractivity contribution is -0.143. The van der Waals surface area contributed by atoms with Gasteiger partial charge in [0.1, 0.15) is 13.2 Å². The zero-order valence-corrected chi connectivity index (χ0v) is 10.5. The van der Waals surface area contributed by atoms with E-state index in [0.29, 0.717) is 0 Å². The van der Waals surface area contributed by atoms with Crippen LogP contribution in [0.4, 0.5) is 4.79 Å². The summed E-state index contributed by atoms with van der Waals surface area (Å²) in [5.74, 6) is -0.500. The van der Waals surface area contributed by atoms with E-state index in [1.165, 1.54) is 0 Å². The molecule has 1 N–H and O–H groups in total. The molecule has 0 spiro atoms. The van der Waals surface area contributed by atoms with Gasteiger partial charge in [0, 0.05) is 0 Å². The predicted molar refractivity (Wildman–Crippen MR) is 65.9 cm³/mol. The molecular formula is C13H17NO4. The molecule has 0 heterocycles. The minimum Gasteiger partial charge on any atom is -0.460 e. The van der Waals surface area contributed by atoms with E-state index in [0.717, 1.165) is 5.56 Å². The van der Waals surface area contributed by atoms with E-state index in [1.54, 1.807) is 13.8 Å². The van der Waals surface area contributed by atoms with Crippen LogP contribution in [0.25, 0.3) is 0 Å². The zero-order chi connectivity index (χ0) is 13.4. The van der Waals surface area contributed by atoms with E-state index in [9.17, 15) is 9.59 Å². The molecule has 1 aromatic rings. The Hall–Kier alpha value is -2.04. The molecule has 5 nitrogen and oxygen atoms in total. The SMILES string of the molecule is CC(C)OC(=O)NCC(=O)OCc1ccccc1. The van der Waals surface area contributed by atoms with Crippen LogP contribution in [0.3, 0.4) is 0 Å². The van der Waals surface area contributed by atoms with Crippen molar-refractivity contribution < 1.29 is 19.1 Å². The van der Waals surface area contributed by atoms with Crippen LogP contribution >= 0.6 is 0 Å². The van der Waals surface area contributed by atoms with Gasteiger partial charge < -0.3 is 14.8 Å². The first-order valence-corrected chi connectivity index (χ1v) is 5.72. The van der Waals surface area contributed by atoms with Crippen molar-refractivity contribution >= 4 is 12.1 Å². The van der Waals surface area contributed by atoms with Crippen LogP contribution in [0.2, 0.25) is 0 Å². The molecular weight excluding hydrogens is 234 g/mol. The fraction of sp³-hybridized carbons (Fsp3) is 0.385. The average molecular weight is 251 g/mol. The summed E-state index contributed by atoms with van der Waals surface area (Å²) in [6.45, 7) is 3.46. The third-order valence-corrected chi connectivity index (χ3v) is 1.96. The lowest BCUT2D eigenvalue weighted by Gasteiger charge is -2.09. The molecule has 0 aliphatic rings. The number of rotatable bonds is 5. The number of carbonyl (C=O) groups excluding carboxylic acids is 2. The van der Waals surface area contributed by atoms with Crippen molar-refractivity contribution in [2.75, 3.05) is 6.54 Å². The van der Waals surface area contributed by atoms with E-state index in [-0.39, 0.29) is 19.3 Å². The molecule has 0 radical (unpaired) electrons. The molecule has 1 amide bonds. The molecule has 1 aromatic carbocycles. The third-order valence-electron chi connectivity index (χ3n) is 1.96. The van der Waals surface area contributed by atoms with Crippen molar-refractivity contribution in [3.8, 4) is 0 Å². The number of esters is 1. The fourth-order valence-electron chi connectivity index (χ4n) is 1.19. The molecule has 0 aromatic heterocycles. The van der Waals surface area contributed by atoms with Gasteiger partial charge in [-0.3, -0.25) is 4.79 Å². The maximum Gasteiger partial charge on any atom is 0.407 e. The third kappa shape index (κ3) is 5.89. The first-order chi connectivity index (χ1) is 8.58. The number of hydrogen-bond donors (Lipinski definition) is 1. The Bertz CT molecular complexity index is 389. The van der Waals surface area contributed by atoms with E-state index in [2.05, 4.69) is 5.32 Å². The van der Waals surface area contributed by atoms with Crippen molar-refractivity contribution in [3.05, 3.63) is 35.9 Å². The Balaban J connectivity index is 2.20. The number of hydrogen-bond acceptors (Lipinski definition) is 4. The molecule has 0 aliphatic heterocycles. The van der Waals surface area contributed by atoms with Gasteiger partial charge >= 0.3 is 12.1 Å². The van der Waals surface area contributed by atoms with Crippen LogP contribution < -0.4 is 5.32 Å². The summed E-state index contributed by atoms with van der Waals surface area (Å²) in [5, 5.41) is 2.31. The summed E-state index contributed by atoms with van der Waals surface area (Å²) in [6, 6.07) is 9.32. The highest BCUT2D eigenvalue weighted by Crippen LogP contribution is 2.00. The van der Waals surface area contributed by atoms with E-state index in [4.69, 9.17) is 9.47 Å². The highest BCUT2D eigenvalue weighted by Gasteiger charge is 2.08. The number of benzene rings is 1. The molecule has 0 unspecified atom stereocenters.